The van der Waals surface area contributed by atoms with Crippen LogP contribution < -0.4 is 10.2 Å². The lowest BCUT2D eigenvalue weighted by molar-refractivity contribution is -0.123. The Morgan fingerprint density at radius 1 is 1.06 bits per heavy atom. The zero-order valence-electron chi connectivity index (χ0n) is 17.8. The van der Waals surface area contributed by atoms with Gasteiger partial charge in [-0.05, 0) is 37.8 Å². The number of carbonyl (C=O) groups is 1. The topological polar surface area (TPSA) is 102 Å². The normalized spacial score (nSPS) is 19.3. The molecule has 4 aromatic rings. The van der Waals surface area contributed by atoms with E-state index in [0.29, 0.717) is 41.8 Å². The Labute approximate surface area is 184 Å². The zero-order valence-corrected chi connectivity index (χ0v) is 17.8. The number of fused-ring (bicyclic) bond motifs is 2. The summed E-state index contributed by atoms with van der Waals surface area (Å²) in [5.74, 6) is 2.17. The molecular weight excluding hydrogens is 406 g/mol. The minimum absolute atomic E-state index is 0.194. The molecule has 1 aliphatic carbocycles. The van der Waals surface area contributed by atoms with Crippen LogP contribution in [0.15, 0.2) is 35.0 Å². The average molecular weight is 432 g/mol. The van der Waals surface area contributed by atoms with Crippen molar-refractivity contribution in [3.05, 3.63) is 36.5 Å². The average Bonchev–Trinajstić information content (AvgIpc) is 3.57. The number of hydrogen-bond acceptors (Lipinski definition) is 8. The van der Waals surface area contributed by atoms with Crippen LogP contribution in [0.4, 0.5) is 11.8 Å². The minimum atomic E-state index is -0.194. The molecule has 1 atom stereocenters. The summed E-state index contributed by atoms with van der Waals surface area (Å²) in [7, 11) is 0. The molecule has 4 heterocycles. The van der Waals surface area contributed by atoms with E-state index >= 15 is 0 Å². The number of oxazole rings is 1. The number of ketones is 1. The molecule has 0 radical (unpaired) electrons. The molecule has 1 N–H and O–H groups in total. The SMILES string of the molecule is O=C1CCCCC1n1cnc2c(NCc3nc4ccccc4o3)nc(N3CCCC3)nc21. The lowest BCUT2D eigenvalue weighted by Crippen LogP contribution is -2.24. The summed E-state index contributed by atoms with van der Waals surface area (Å²) in [5.41, 5.74) is 2.97. The summed E-state index contributed by atoms with van der Waals surface area (Å²) >= 11 is 0. The van der Waals surface area contributed by atoms with Crippen LogP contribution in [0.1, 0.15) is 50.5 Å². The van der Waals surface area contributed by atoms with Gasteiger partial charge < -0.3 is 19.2 Å². The fourth-order valence-corrected chi connectivity index (χ4v) is 4.73. The Balaban J connectivity index is 1.38. The van der Waals surface area contributed by atoms with E-state index in [-0.39, 0.29) is 11.8 Å². The maximum atomic E-state index is 12.6. The molecule has 3 aromatic heterocycles. The van der Waals surface area contributed by atoms with Crippen LogP contribution in [-0.4, -0.2) is 43.4 Å². The molecule has 32 heavy (non-hydrogen) atoms. The second kappa shape index (κ2) is 7.89. The summed E-state index contributed by atoms with van der Waals surface area (Å²) in [4.78, 5) is 33.6. The molecule has 1 saturated heterocycles. The molecule has 164 valence electrons. The van der Waals surface area contributed by atoms with E-state index in [1.807, 2.05) is 28.8 Å². The van der Waals surface area contributed by atoms with Gasteiger partial charge in [-0.15, -0.1) is 0 Å². The van der Waals surface area contributed by atoms with E-state index in [9.17, 15) is 4.79 Å². The number of Topliss-reactive ketones (excluding diaryl/α,β-unsaturated/α-hetero) is 1. The number of carbonyl (C=O) groups excluding carboxylic acids is 1. The number of rotatable bonds is 5. The monoisotopic (exact) mass is 431 g/mol. The fourth-order valence-electron chi connectivity index (χ4n) is 4.73. The first-order chi connectivity index (χ1) is 15.8. The maximum Gasteiger partial charge on any atom is 0.229 e. The second-order valence-corrected chi connectivity index (χ2v) is 8.55. The number of nitrogens with one attached hydrogen (secondary N) is 1. The van der Waals surface area contributed by atoms with Crippen molar-refractivity contribution in [1.82, 2.24) is 24.5 Å². The highest BCUT2D eigenvalue weighted by atomic mass is 16.3. The Kier molecular flexibility index (Phi) is 4.74. The molecule has 6 rings (SSSR count). The minimum Gasteiger partial charge on any atom is -0.439 e. The van der Waals surface area contributed by atoms with E-state index in [1.165, 1.54) is 0 Å². The summed E-state index contributed by atoms with van der Waals surface area (Å²) in [5, 5.41) is 3.36. The van der Waals surface area contributed by atoms with Gasteiger partial charge in [0.2, 0.25) is 11.8 Å². The van der Waals surface area contributed by atoms with E-state index < -0.39 is 0 Å². The van der Waals surface area contributed by atoms with Gasteiger partial charge >= 0.3 is 0 Å². The number of para-hydroxylation sites is 2. The quantitative estimate of drug-likeness (QED) is 0.508. The van der Waals surface area contributed by atoms with Crippen molar-refractivity contribution in [1.29, 1.82) is 0 Å². The largest absolute Gasteiger partial charge is 0.439 e. The molecule has 0 bridgehead atoms. The highest BCUT2D eigenvalue weighted by Crippen LogP contribution is 2.31. The molecule has 1 saturated carbocycles. The predicted molar refractivity (Wildman–Crippen MR) is 121 cm³/mol. The summed E-state index contributed by atoms with van der Waals surface area (Å²) < 4.78 is 7.80. The van der Waals surface area contributed by atoms with Gasteiger partial charge in [-0.2, -0.15) is 9.97 Å². The molecule has 9 nitrogen and oxygen atoms in total. The van der Waals surface area contributed by atoms with Crippen molar-refractivity contribution < 1.29 is 9.21 Å². The number of aromatic nitrogens is 5. The third kappa shape index (κ3) is 3.37. The van der Waals surface area contributed by atoms with Gasteiger partial charge in [-0.3, -0.25) is 4.79 Å². The standard InChI is InChI=1S/C23H25N7O2/c31-17-9-3-2-8-16(17)30-14-25-20-21(27-23(28-22(20)30)29-11-5-6-12-29)24-13-19-26-15-7-1-4-10-18(15)32-19/h1,4,7,10,14,16H,2-3,5-6,8-9,11-13H2,(H,24,27,28). The van der Waals surface area contributed by atoms with Gasteiger partial charge in [0, 0.05) is 19.5 Å². The number of hydrogen-bond donors (Lipinski definition) is 1. The van der Waals surface area contributed by atoms with Crippen LogP contribution in [0.25, 0.3) is 22.3 Å². The Hall–Kier alpha value is -3.49. The molecule has 9 heteroatoms. The lowest BCUT2D eigenvalue weighted by Gasteiger charge is -2.22. The Bertz CT molecular complexity index is 1260. The number of imidazole rings is 1. The van der Waals surface area contributed by atoms with Gasteiger partial charge in [-0.25, -0.2) is 9.97 Å². The van der Waals surface area contributed by atoms with Gasteiger partial charge in [-0.1, -0.05) is 18.6 Å². The Morgan fingerprint density at radius 2 is 1.94 bits per heavy atom. The zero-order chi connectivity index (χ0) is 21.5. The predicted octanol–water partition coefficient (Wildman–Crippen LogP) is 3.86. The molecule has 1 unspecified atom stereocenters. The first-order valence-corrected chi connectivity index (χ1v) is 11.4. The van der Waals surface area contributed by atoms with Gasteiger partial charge in [0.05, 0.1) is 18.9 Å². The first kappa shape index (κ1) is 19.2. The van der Waals surface area contributed by atoms with Crippen molar-refractivity contribution in [2.45, 2.75) is 51.1 Å². The highest BCUT2D eigenvalue weighted by Gasteiger charge is 2.27. The van der Waals surface area contributed by atoms with Crippen LogP contribution in [0.5, 0.6) is 0 Å². The summed E-state index contributed by atoms with van der Waals surface area (Å²) in [6, 6.07) is 7.51. The first-order valence-electron chi connectivity index (χ1n) is 11.4. The van der Waals surface area contributed by atoms with Crippen LogP contribution in [0.3, 0.4) is 0 Å². The molecular formula is C23H25N7O2. The van der Waals surface area contributed by atoms with Crippen molar-refractivity contribution in [2.24, 2.45) is 0 Å². The molecule has 0 spiro atoms. The van der Waals surface area contributed by atoms with Crippen molar-refractivity contribution in [2.75, 3.05) is 23.3 Å². The molecule has 2 fully saturated rings. The third-order valence-corrected chi connectivity index (χ3v) is 6.40. The molecule has 1 aliphatic heterocycles. The van der Waals surface area contributed by atoms with Crippen LogP contribution in [0.2, 0.25) is 0 Å². The lowest BCUT2D eigenvalue weighted by atomic mass is 9.94. The third-order valence-electron chi connectivity index (χ3n) is 6.40. The van der Waals surface area contributed by atoms with Gasteiger partial charge in [0.15, 0.2) is 28.3 Å². The van der Waals surface area contributed by atoms with E-state index in [1.54, 1.807) is 6.33 Å². The highest BCUT2D eigenvalue weighted by molar-refractivity contribution is 5.88. The summed E-state index contributed by atoms with van der Waals surface area (Å²) in [6.45, 7) is 2.26. The van der Waals surface area contributed by atoms with Crippen molar-refractivity contribution in [3.8, 4) is 0 Å². The van der Waals surface area contributed by atoms with Crippen molar-refractivity contribution >= 4 is 39.8 Å². The molecule has 0 amide bonds. The summed E-state index contributed by atoms with van der Waals surface area (Å²) in [6.07, 6.45) is 7.47. The van der Waals surface area contributed by atoms with E-state index in [4.69, 9.17) is 14.4 Å². The smallest absolute Gasteiger partial charge is 0.229 e. The second-order valence-electron chi connectivity index (χ2n) is 8.55. The fraction of sp³-hybridized carbons (Fsp3) is 0.435. The van der Waals surface area contributed by atoms with Crippen LogP contribution in [-0.2, 0) is 11.3 Å². The van der Waals surface area contributed by atoms with Gasteiger partial charge in [0.1, 0.15) is 5.52 Å². The van der Waals surface area contributed by atoms with Gasteiger partial charge in [0.25, 0.3) is 0 Å². The van der Waals surface area contributed by atoms with Crippen LogP contribution in [0, 0.1) is 0 Å². The van der Waals surface area contributed by atoms with Crippen LogP contribution >= 0.6 is 0 Å². The number of anilines is 2. The maximum absolute atomic E-state index is 12.6. The number of nitrogens with zero attached hydrogens (tertiary/aromatic N) is 6. The molecule has 2 aliphatic rings. The van der Waals surface area contributed by atoms with Crippen molar-refractivity contribution in [3.63, 3.8) is 0 Å². The van der Waals surface area contributed by atoms with E-state index in [0.717, 1.165) is 56.3 Å². The van der Waals surface area contributed by atoms with E-state index in [2.05, 4.69) is 20.2 Å². The Morgan fingerprint density at radius 3 is 2.78 bits per heavy atom. The molecule has 1 aromatic carbocycles. The number of benzene rings is 1.